The van der Waals surface area contributed by atoms with Crippen LogP contribution < -0.4 is 19.4 Å². The molecule has 12 nitrogen and oxygen atoms in total. The molecule has 0 saturated carbocycles. The molecular formula is C50H40N6O6. The first-order valence-electron chi connectivity index (χ1n) is 19.4. The highest BCUT2D eigenvalue weighted by Crippen LogP contribution is 2.17. The second-order valence-electron chi connectivity index (χ2n) is 13.3. The zero-order valence-corrected chi connectivity index (χ0v) is 33.3. The van der Waals surface area contributed by atoms with E-state index in [-0.39, 0.29) is 0 Å². The third-order valence-corrected chi connectivity index (χ3v) is 8.48. The maximum atomic E-state index is 5.64. The molecule has 0 aliphatic carbocycles. The number of nitrogens with zero attached hydrogens (tertiary/aromatic N) is 6. The summed E-state index contributed by atoms with van der Waals surface area (Å²) in [6.45, 7) is 0.780. The van der Waals surface area contributed by atoms with Gasteiger partial charge in [-0.05, 0) is 99.1 Å². The number of oxime groups is 6. The van der Waals surface area contributed by atoms with E-state index in [4.69, 9.17) is 29.0 Å². The van der Waals surface area contributed by atoms with Crippen molar-refractivity contribution in [1.82, 2.24) is 0 Å². The monoisotopic (exact) mass is 820 g/mol. The summed E-state index contributed by atoms with van der Waals surface area (Å²) >= 11 is 0. The quantitative estimate of drug-likeness (QED) is 0.0556. The van der Waals surface area contributed by atoms with Crippen LogP contribution in [0.3, 0.4) is 0 Å². The van der Waals surface area contributed by atoms with Crippen molar-refractivity contribution in [3.63, 3.8) is 0 Å². The number of hydrogen-bond acceptors (Lipinski definition) is 12. The average Bonchev–Trinajstić information content (AvgIpc) is 3.31. The summed E-state index contributed by atoms with van der Waals surface area (Å²) in [5.74, 6) is 2.17. The molecule has 0 fully saturated rings. The molecule has 0 N–H and O–H groups in total. The molecule has 62 heavy (non-hydrogen) atoms. The summed E-state index contributed by atoms with van der Waals surface area (Å²) in [4.78, 5) is 33.2. The van der Waals surface area contributed by atoms with Gasteiger partial charge in [0, 0.05) is 0 Å². The van der Waals surface area contributed by atoms with Crippen LogP contribution in [-0.2, 0) is 22.9 Å². The summed E-state index contributed by atoms with van der Waals surface area (Å²) in [5, 5.41) is 24.7. The van der Waals surface area contributed by atoms with Crippen LogP contribution in [0.1, 0.15) is 44.5 Å². The lowest BCUT2D eigenvalue weighted by molar-refractivity contribution is 0.132. The van der Waals surface area contributed by atoms with E-state index in [2.05, 4.69) is 30.9 Å². The molecule has 7 rings (SSSR count). The lowest BCUT2D eigenvalue weighted by Crippen LogP contribution is -1.92. The lowest BCUT2D eigenvalue weighted by Gasteiger charge is -2.02. The highest BCUT2D eigenvalue weighted by Gasteiger charge is 2.01. The van der Waals surface area contributed by atoms with Gasteiger partial charge in [0.05, 0.1) is 37.3 Å². The van der Waals surface area contributed by atoms with E-state index in [0.717, 1.165) is 44.5 Å². The molecule has 306 valence electrons. The molecule has 0 heterocycles. The van der Waals surface area contributed by atoms with E-state index >= 15 is 0 Å². The molecule has 0 amide bonds. The Kier molecular flexibility index (Phi) is 15.5. The minimum Gasteiger partial charge on any atom is -0.391 e. The van der Waals surface area contributed by atoms with Crippen molar-refractivity contribution >= 4 is 37.3 Å². The summed E-state index contributed by atoms with van der Waals surface area (Å²) in [5.41, 5.74) is 6.86. The Morgan fingerprint density at radius 2 is 0.548 bits per heavy atom. The van der Waals surface area contributed by atoms with Gasteiger partial charge in [-0.25, -0.2) is 0 Å². The van der Waals surface area contributed by atoms with Gasteiger partial charge in [0.1, 0.15) is 13.2 Å². The van der Waals surface area contributed by atoms with Gasteiger partial charge >= 0.3 is 0 Å². The van der Waals surface area contributed by atoms with E-state index in [1.807, 2.05) is 146 Å². The van der Waals surface area contributed by atoms with Gasteiger partial charge in [-0.3, -0.25) is 0 Å². The summed E-state index contributed by atoms with van der Waals surface area (Å²) < 4.78 is 0. The van der Waals surface area contributed by atoms with Crippen molar-refractivity contribution in [1.29, 1.82) is 0 Å². The molecule has 0 aliphatic rings. The molecule has 0 aromatic heterocycles. The topological polar surface area (TPSA) is 130 Å². The van der Waals surface area contributed by atoms with Crippen molar-refractivity contribution in [2.75, 3.05) is 0 Å². The highest BCUT2D eigenvalue weighted by atomic mass is 16.6. The SMILES string of the molecule is C(=N\OCc1ccccc1)/c1cccc(O/N=C/c2cccc(O/N=C/c3cccc(/C=N/Oc4cccc(/C=N/Oc5cccc(/C=N/OCc6ccccc6)c5)c4)c3)c2)c1. The van der Waals surface area contributed by atoms with Crippen molar-refractivity contribution in [3.8, 4) is 23.0 Å². The Balaban J connectivity index is 0.840. The average molecular weight is 821 g/mol. The first-order valence-corrected chi connectivity index (χ1v) is 19.4. The summed E-state index contributed by atoms with van der Waals surface area (Å²) in [6.07, 6.45) is 9.66. The van der Waals surface area contributed by atoms with E-state index in [0.29, 0.717) is 36.2 Å². The molecule has 0 spiro atoms. The van der Waals surface area contributed by atoms with E-state index in [1.165, 1.54) is 0 Å². The molecule has 0 unspecified atom stereocenters. The van der Waals surface area contributed by atoms with Crippen molar-refractivity contribution < 1.29 is 29.0 Å². The molecule has 0 saturated heterocycles. The maximum absolute atomic E-state index is 5.64. The van der Waals surface area contributed by atoms with Crippen molar-refractivity contribution in [3.05, 3.63) is 226 Å². The van der Waals surface area contributed by atoms with Gasteiger partial charge in [-0.15, -0.1) is 0 Å². The number of rotatable bonds is 20. The number of benzene rings is 7. The van der Waals surface area contributed by atoms with E-state index in [1.54, 1.807) is 73.7 Å². The maximum Gasteiger partial charge on any atom is 0.158 e. The van der Waals surface area contributed by atoms with Crippen LogP contribution in [0.4, 0.5) is 0 Å². The predicted octanol–water partition coefficient (Wildman–Crippen LogP) is 10.4. The van der Waals surface area contributed by atoms with Crippen LogP contribution in [0.25, 0.3) is 0 Å². The summed E-state index contributed by atoms with van der Waals surface area (Å²) in [6, 6.07) is 56.6. The third-order valence-electron chi connectivity index (χ3n) is 8.48. The van der Waals surface area contributed by atoms with Gasteiger partial charge in [0.25, 0.3) is 0 Å². The van der Waals surface area contributed by atoms with Crippen LogP contribution >= 0.6 is 0 Å². The molecular weight excluding hydrogens is 781 g/mol. The normalized spacial score (nSPS) is 11.6. The zero-order valence-electron chi connectivity index (χ0n) is 33.3. The Hall–Kier alpha value is -8.64. The Morgan fingerprint density at radius 3 is 0.871 bits per heavy atom. The first-order chi connectivity index (χ1) is 30.7. The molecule has 0 radical (unpaired) electrons. The Bertz CT molecular complexity index is 2490. The van der Waals surface area contributed by atoms with Crippen molar-refractivity contribution in [2.24, 2.45) is 30.9 Å². The fourth-order valence-corrected chi connectivity index (χ4v) is 5.49. The standard InChI is InChI=1S/C50H40N6O6/c1-3-12-39(13-4-1)37-57-51-31-43-18-8-22-47(27-43)61-55-35-45-20-10-24-49(29-45)59-53-33-41-16-7-17-42(26-41)34-54-60-50-25-11-21-46(30-50)36-56-62-48-23-9-19-44(28-48)32-52-58-38-40-14-5-2-6-15-40/h1-36H,37-38H2/b51-31+,52-32+,53-33+,54-34+,55-35+,56-36+. The summed E-state index contributed by atoms with van der Waals surface area (Å²) in [7, 11) is 0. The van der Waals surface area contributed by atoms with Crippen LogP contribution in [-0.4, -0.2) is 37.3 Å². The predicted molar refractivity (Wildman–Crippen MR) is 243 cm³/mol. The number of hydrogen-bond donors (Lipinski definition) is 0. The van der Waals surface area contributed by atoms with Gasteiger partial charge in [-0.1, -0.05) is 158 Å². The molecule has 7 aromatic carbocycles. The lowest BCUT2D eigenvalue weighted by atomic mass is 10.1. The fourth-order valence-electron chi connectivity index (χ4n) is 5.49. The van der Waals surface area contributed by atoms with E-state index < -0.39 is 0 Å². The highest BCUT2D eigenvalue weighted by molar-refractivity contribution is 5.86. The Morgan fingerprint density at radius 1 is 0.274 bits per heavy atom. The van der Waals surface area contributed by atoms with Crippen LogP contribution in [0, 0.1) is 0 Å². The third kappa shape index (κ3) is 14.3. The van der Waals surface area contributed by atoms with Gasteiger partial charge in [0.2, 0.25) is 0 Å². The van der Waals surface area contributed by atoms with E-state index in [9.17, 15) is 0 Å². The molecule has 0 aliphatic heterocycles. The smallest absolute Gasteiger partial charge is 0.158 e. The molecule has 12 heteroatoms. The molecule has 7 aromatic rings. The van der Waals surface area contributed by atoms with Gasteiger partial charge in [-0.2, -0.15) is 0 Å². The second kappa shape index (κ2) is 23.1. The molecule has 0 atom stereocenters. The van der Waals surface area contributed by atoms with Crippen LogP contribution in [0.5, 0.6) is 23.0 Å². The molecule has 0 bridgehead atoms. The minimum absolute atomic E-state index is 0.390. The van der Waals surface area contributed by atoms with Crippen LogP contribution in [0.15, 0.2) is 213 Å². The van der Waals surface area contributed by atoms with Crippen LogP contribution in [0.2, 0.25) is 0 Å². The van der Waals surface area contributed by atoms with Gasteiger partial charge in [0.15, 0.2) is 23.0 Å². The zero-order chi connectivity index (χ0) is 42.3. The van der Waals surface area contributed by atoms with Gasteiger partial charge < -0.3 is 29.0 Å². The van der Waals surface area contributed by atoms with Crippen molar-refractivity contribution in [2.45, 2.75) is 13.2 Å². The first kappa shape index (κ1) is 41.5. The second-order valence-corrected chi connectivity index (χ2v) is 13.3. The Labute approximate surface area is 358 Å². The minimum atomic E-state index is 0.390. The fraction of sp³-hybridized carbons (Fsp3) is 0.0400. The largest absolute Gasteiger partial charge is 0.391 e.